The van der Waals surface area contributed by atoms with E-state index in [4.69, 9.17) is 10.5 Å². The molecule has 78 valence electrons. The van der Waals surface area contributed by atoms with E-state index in [1.54, 1.807) is 6.08 Å². The average Bonchev–Trinajstić information content (AvgIpc) is 2.16. The molecule has 0 saturated heterocycles. The topological polar surface area (TPSA) is 89.2 Å². The molecule has 1 aliphatic heterocycles. The molecule has 7 heteroatoms. The van der Waals surface area contributed by atoms with Gasteiger partial charge in [0.1, 0.15) is 0 Å². The van der Waals surface area contributed by atoms with Crippen molar-refractivity contribution in [3.8, 4) is 0 Å². The standard InChI is InChI=1S/C7H12N4O3/c1-3-5-4-6(13-2)10-11(9-5)14-7(8)12/h4,10H,3H2,1-2H3,(H2,8,12). The molecule has 1 aliphatic rings. The van der Waals surface area contributed by atoms with Crippen molar-refractivity contribution >= 4 is 11.8 Å². The zero-order valence-corrected chi connectivity index (χ0v) is 7.98. The minimum absolute atomic E-state index is 0.429. The number of allylic oxidation sites excluding steroid dienone is 1. The molecule has 0 saturated carbocycles. The number of carbonyl (C=O) groups is 1. The second kappa shape index (κ2) is 4.35. The van der Waals surface area contributed by atoms with E-state index in [0.717, 1.165) is 5.28 Å². The van der Waals surface area contributed by atoms with Gasteiger partial charge in [0.15, 0.2) is 0 Å². The van der Waals surface area contributed by atoms with Crippen LogP contribution in [0.3, 0.4) is 0 Å². The zero-order valence-electron chi connectivity index (χ0n) is 7.98. The second-order valence-electron chi connectivity index (χ2n) is 2.45. The van der Waals surface area contributed by atoms with Gasteiger partial charge in [0.2, 0.25) is 5.88 Å². The molecule has 0 aliphatic carbocycles. The highest BCUT2D eigenvalue weighted by atomic mass is 16.8. The average molecular weight is 200 g/mol. The van der Waals surface area contributed by atoms with Gasteiger partial charge in [-0.25, -0.2) is 10.2 Å². The predicted octanol–water partition coefficient (Wildman–Crippen LogP) is 0.0707. The van der Waals surface area contributed by atoms with Crippen LogP contribution in [0.5, 0.6) is 0 Å². The molecule has 0 spiro atoms. The first kappa shape index (κ1) is 10.2. The Hall–Kier alpha value is -1.92. The Morgan fingerprint density at radius 2 is 2.50 bits per heavy atom. The van der Waals surface area contributed by atoms with Crippen molar-refractivity contribution < 1.29 is 14.4 Å². The number of hydrazine groups is 1. The molecule has 0 unspecified atom stereocenters. The van der Waals surface area contributed by atoms with Crippen LogP contribution in [0, 0.1) is 0 Å². The second-order valence-corrected chi connectivity index (χ2v) is 2.45. The fourth-order valence-corrected chi connectivity index (χ4v) is 0.854. The lowest BCUT2D eigenvalue weighted by Crippen LogP contribution is -2.40. The number of ether oxygens (including phenoxy) is 1. The third-order valence-electron chi connectivity index (χ3n) is 1.48. The van der Waals surface area contributed by atoms with Crippen LogP contribution in [0.4, 0.5) is 4.79 Å². The number of primary amides is 1. The maximum absolute atomic E-state index is 10.4. The number of nitrogens with two attached hydrogens (primary N) is 1. The quantitative estimate of drug-likeness (QED) is 0.673. The minimum atomic E-state index is -0.950. The van der Waals surface area contributed by atoms with Gasteiger partial charge in [-0.15, -0.1) is 5.10 Å². The highest BCUT2D eigenvalue weighted by Crippen LogP contribution is 2.05. The molecule has 3 N–H and O–H groups in total. The maximum atomic E-state index is 10.4. The van der Waals surface area contributed by atoms with E-state index in [-0.39, 0.29) is 0 Å². The fraction of sp³-hybridized carbons (Fsp3) is 0.429. The van der Waals surface area contributed by atoms with Gasteiger partial charge in [-0.2, -0.15) is 0 Å². The van der Waals surface area contributed by atoms with Gasteiger partial charge in [0.05, 0.1) is 12.8 Å². The van der Waals surface area contributed by atoms with Crippen molar-refractivity contribution in [2.75, 3.05) is 7.11 Å². The molecule has 0 bridgehead atoms. The largest absolute Gasteiger partial charge is 0.481 e. The summed E-state index contributed by atoms with van der Waals surface area (Å²) in [6.45, 7) is 1.91. The zero-order chi connectivity index (χ0) is 10.6. The van der Waals surface area contributed by atoms with E-state index in [1.165, 1.54) is 7.11 Å². The van der Waals surface area contributed by atoms with Gasteiger partial charge >= 0.3 is 6.09 Å². The number of rotatable bonds is 3. The highest BCUT2D eigenvalue weighted by Gasteiger charge is 2.14. The molecule has 1 rings (SSSR count). The molecule has 14 heavy (non-hydrogen) atoms. The summed E-state index contributed by atoms with van der Waals surface area (Å²) in [6, 6.07) is 0. The Morgan fingerprint density at radius 1 is 1.79 bits per heavy atom. The van der Waals surface area contributed by atoms with E-state index >= 15 is 0 Å². The highest BCUT2D eigenvalue weighted by molar-refractivity contribution is 5.95. The maximum Gasteiger partial charge on any atom is 0.431 e. The van der Waals surface area contributed by atoms with Crippen LogP contribution in [0.15, 0.2) is 17.1 Å². The van der Waals surface area contributed by atoms with Crippen LogP contribution in [-0.4, -0.2) is 24.2 Å². The molecule has 0 aromatic carbocycles. The van der Waals surface area contributed by atoms with E-state index in [1.807, 2.05) is 6.92 Å². The van der Waals surface area contributed by atoms with Crippen molar-refractivity contribution in [3.63, 3.8) is 0 Å². The van der Waals surface area contributed by atoms with Gasteiger partial charge in [-0.05, 0) is 11.7 Å². The van der Waals surface area contributed by atoms with Crippen LogP contribution >= 0.6 is 0 Å². The first-order valence-corrected chi connectivity index (χ1v) is 4.03. The Kier molecular flexibility index (Phi) is 3.16. The molecular weight excluding hydrogens is 188 g/mol. The lowest BCUT2D eigenvalue weighted by atomic mass is 10.3. The number of amides is 1. The van der Waals surface area contributed by atoms with Gasteiger partial charge in [0, 0.05) is 6.08 Å². The summed E-state index contributed by atoms with van der Waals surface area (Å²) in [4.78, 5) is 15.0. The number of hydrazone groups is 1. The van der Waals surface area contributed by atoms with Crippen LogP contribution < -0.4 is 11.2 Å². The molecule has 0 fully saturated rings. The number of nitrogens with one attached hydrogen (secondary N) is 1. The van der Waals surface area contributed by atoms with Crippen molar-refractivity contribution in [2.45, 2.75) is 13.3 Å². The Bertz CT molecular complexity index is 287. The smallest absolute Gasteiger partial charge is 0.431 e. The summed E-state index contributed by atoms with van der Waals surface area (Å²) in [5.74, 6) is 0.429. The summed E-state index contributed by atoms with van der Waals surface area (Å²) in [6.07, 6.45) is 1.43. The lowest BCUT2D eigenvalue weighted by Gasteiger charge is -2.22. The Morgan fingerprint density at radius 3 is 3.00 bits per heavy atom. The number of methoxy groups -OCH3 is 1. The van der Waals surface area contributed by atoms with E-state index in [2.05, 4.69) is 15.4 Å². The van der Waals surface area contributed by atoms with Crippen LogP contribution in [0.25, 0.3) is 0 Å². The van der Waals surface area contributed by atoms with E-state index in [9.17, 15) is 4.79 Å². The summed E-state index contributed by atoms with van der Waals surface area (Å²) in [5, 5.41) is 4.76. The summed E-state index contributed by atoms with van der Waals surface area (Å²) < 4.78 is 4.93. The monoisotopic (exact) mass is 200 g/mol. The third-order valence-corrected chi connectivity index (χ3v) is 1.48. The van der Waals surface area contributed by atoms with Gasteiger partial charge in [-0.3, -0.25) is 4.84 Å². The number of hydrogen-bond acceptors (Lipinski definition) is 6. The summed E-state index contributed by atoms with van der Waals surface area (Å²) in [5.41, 5.74) is 8.10. The molecule has 7 nitrogen and oxygen atoms in total. The van der Waals surface area contributed by atoms with E-state index in [0.29, 0.717) is 18.0 Å². The minimum Gasteiger partial charge on any atom is -0.481 e. The normalized spacial score (nSPS) is 15.1. The fourth-order valence-electron chi connectivity index (χ4n) is 0.854. The summed E-state index contributed by atoms with van der Waals surface area (Å²) >= 11 is 0. The van der Waals surface area contributed by atoms with Crippen molar-refractivity contribution in [2.24, 2.45) is 10.8 Å². The predicted molar refractivity (Wildman–Crippen MR) is 48.5 cm³/mol. The number of nitrogens with zero attached hydrogens (tertiary/aromatic N) is 2. The molecule has 0 aromatic heterocycles. The first-order valence-electron chi connectivity index (χ1n) is 4.03. The van der Waals surface area contributed by atoms with Crippen molar-refractivity contribution in [3.05, 3.63) is 12.0 Å². The van der Waals surface area contributed by atoms with E-state index < -0.39 is 6.09 Å². The van der Waals surface area contributed by atoms with Crippen molar-refractivity contribution in [1.29, 1.82) is 0 Å². The van der Waals surface area contributed by atoms with Crippen LogP contribution in [0.1, 0.15) is 13.3 Å². The first-order chi connectivity index (χ1) is 6.65. The van der Waals surface area contributed by atoms with Crippen molar-refractivity contribution in [1.82, 2.24) is 10.7 Å². The SMILES string of the molecule is CCC1=NN(OC(N)=O)NC(OC)=C1. The summed E-state index contributed by atoms with van der Waals surface area (Å²) in [7, 11) is 1.49. The Balaban J connectivity index is 2.70. The van der Waals surface area contributed by atoms with Crippen LogP contribution in [-0.2, 0) is 9.57 Å². The molecule has 0 atom stereocenters. The van der Waals surface area contributed by atoms with Crippen LogP contribution in [0.2, 0.25) is 0 Å². The molecule has 1 heterocycles. The molecule has 0 aromatic rings. The van der Waals surface area contributed by atoms with Gasteiger partial charge in [0.25, 0.3) is 0 Å². The number of hydrogen-bond donors (Lipinski definition) is 2. The lowest BCUT2D eigenvalue weighted by molar-refractivity contribution is -0.140. The molecule has 1 amide bonds. The Labute approximate surface area is 81.1 Å². The van der Waals surface area contributed by atoms with Gasteiger partial charge in [-0.1, -0.05) is 6.92 Å². The molecular formula is C7H12N4O3. The molecule has 0 radical (unpaired) electrons. The third kappa shape index (κ3) is 2.54. The number of carbonyl (C=O) groups excluding carboxylic acids is 1. The van der Waals surface area contributed by atoms with Gasteiger partial charge < -0.3 is 10.5 Å².